The third-order valence-electron chi connectivity index (χ3n) is 4.43. The molecule has 1 aromatic rings. The summed E-state index contributed by atoms with van der Waals surface area (Å²) in [5.74, 6) is -0.762. The van der Waals surface area contributed by atoms with Gasteiger partial charge in [-0.15, -0.1) is 0 Å². The molecule has 3 rings (SSSR count). The van der Waals surface area contributed by atoms with Crippen LogP contribution in [0.25, 0.3) is 6.08 Å². The highest BCUT2D eigenvalue weighted by Gasteiger charge is 2.37. The average Bonchev–Trinajstić information content (AvgIpc) is 2.95. The van der Waals surface area contributed by atoms with E-state index in [2.05, 4.69) is 0 Å². The lowest BCUT2D eigenvalue weighted by Crippen LogP contribution is -2.44. The molecule has 0 radical (unpaired) electrons. The van der Waals surface area contributed by atoms with Crippen LogP contribution in [0.1, 0.15) is 24.8 Å². The fourth-order valence-corrected chi connectivity index (χ4v) is 3.82. The van der Waals surface area contributed by atoms with Gasteiger partial charge in [-0.1, -0.05) is 12.1 Å². The van der Waals surface area contributed by atoms with Crippen LogP contribution in [0, 0.1) is 0 Å². The molecule has 0 aliphatic carbocycles. The molecule has 2 heterocycles. The Morgan fingerprint density at radius 1 is 1.11 bits per heavy atom. The number of likely N-dealkylation sites (tertiary alicyclic amines) is 1. The summed E-state index contributed by atoms with van der Waals surface area (Å²) in [4.78, 5) is 50.8. The minimum absolute atomic E-state index is 0.195. The summed E-state index contributed by atoms with van der Waals surface area (Å²) in [6.07, 6.45) is 4.59. The van der Waals surface area contributed by atoms with Gasteiger partial charge in [0.25, 0.3) is 17.1 Å². The lowest BCUT2D eigenvalue weighted by atomic mass is 10.1. The van der Waals surface area contributed by atoms with Crippen molar-refractivity contribution in [3.05, 3.63) is 34.7 Å². The Labute approximate surface area is 166 Å². The smallest absolute Gasteiger partial charge is 0.294 e. The van der Waals surface area contributed by atoms with Crippen LogP contribution in [0.4, 0.5) is 4.79 Å². The number of hydrogen-bond donors (Lipinski definition) is 1. The van der Waals surface area contributed by atoms with Crippen molar-refractivity contribution >= 4 is 40.8 Å². The SMILES string of the molecule is NC(=O)COc1ccc(/C=C2\SC(=O)N(CC(=O)N3CCCCC3)C2=O)cc1. The highest BCUT2D eigenvalue weighted by Crippen LogP contribution is 2.32. The highest BCUT2D eigenvalue weighted by atomic mass is 32.2. The van der Waals surface area contributed by atoms with Crippen LogP contribution >= 0.6 is 11.8 Å². The van der Waals surface area contributed by atoms with Crippen molar-refractivity contribution in [3.8, 4) is 5.75 Å². The summed E-state index contributed by atoms with van der Waals surface area (Å²) in [6, 6.07) is 6.67. The number of ether oxygens (including phenoxy) is 1. The maximum absolute atomic E-state index is 12.6. The molecule has 0 bridgehead atoms. The van der Waals surface area contributed by atoms with Gasteiger partial charge in [-0.2, -0.15) is 0 Å². The Hall–Kier alpha value is -2.81. The molecule has 0 atom stereocenters. The minimum Gasteiger partial charge on any atom is -0.484 e. The zero-order chi connectivity index (χ0) is 20.1. The number of thioether (sulfide) groups is 1. The predicted molar refractivity (Wildman–Crippen MR) is 104 cm³/mol. The van der Waals surface area contributed by atoms with Gasteiger partial charge < -0.3 is 15.4 Å². The van der Waals surface area contributed by atoms with Gasteiger partial charge in [0, 0.05) is 13.1 Å². The Morgan fingerprint density at radius 3 is 2.43 bits per heavy atom. The third-order valence-corrected chi connectivity index (χ3v) is 5.34. The number of carbonyl (C=O) groups is 4. The van der Waals surface area contributed by atoms with E-state index < -0.39 is 17.1 Å². The Kier molecular flexibility index (Phi) is 6.35. The van der Waals surface area contributed by atoms with Gasteiger partial charge >= 0.3 is 0 Å². The number of rotatable bonds is 6. The molecule has 0 saturated carbocycles. The number of amides is 4. The lowest BCUT2D eigenvalue weighted by molar-refractivity contribution is -0.136. The van der Waals surface area contributed by atoms with Crippen LogP contribution in [-0.4, -0.2) is 59.0 Å². The van der Waals surface area contributed by atoms with Crippen molar-refractivity contribution in [2.45, 2.75) is 19.3 Å². The molecule has 9 heteroatoms. The number of imide groups is 1. The van der Waals surface area contributed by atoms with Crippen LogP contribution in [0.5, 0.6) is 5.75 Å². The summed E-state index contributed by atoms with van der Waals surface area (Å²) in [6.45, 7) is 0.912. The first kappa shape index (κ1) is 19.9. The first-order valence-corrected chi connectivity index (χ1v) is 9.80. The van der Waals surface area contributed by atoms with E-state index in [0.29, 0.717) is 24.4 Å². The molecule has 0 aromatic heterocycles. The fraction of sp³-hybridized carbons (Fsp3) is 0.368. The van der Waals surface area contributed by atoms with Crippen molar-refractivity contribution in [1.29, 1.82) is 0 Å². The van der Waals surface area contributed by atoms with E-state index in [9.17, 15) is 19.2 Å². The molecule has 4 amide bonds. The predicted octanol–water partition coefficient (Wildman–Crippen LogP) is 1.60. The van der Waals surface area contributed by atoms with Gasteiger partial charge in [-0.3, -0.25) is 24.1 Å². The molecule has 0 unspecified atom stereocenters. The number of benzene rings is 1. The van der Waals surface area contributed by atoms with Crippen LogP contribution in [0.15, 0.2) is 29.2 Å². The van der Waals surface area contributed by atoms with Crippen molar-refractivity contribution in [2.75, 3.05) is 26.2 Å². The second-order valence-electron chi connectivity index (χ2n) is 6.53. The largest absolute Gasteiger partial charge is 0.484 e. The Bertz CT molecular complexity index is 815. The number of carbonyl (C=O) groups excluding carboxylic acids is 4. The fourth-order valence-electron chi connectivity index (χ4n) is 2.98. The third kappa shape index (κ3) is 4.92. The topological polar surface area (TPSA) is 110 Å². The van der Waals surface area contributed by atoms with Gasteiger partial charge in [-0.05, 0) is 54.8 Å². The minimum atomic E-state index is -0.572. The Morgan fingerprint density at radius 2 is 1.79 bits per heavy atom. The second-order valence-corrected chi connectivity index (χ2v) is 7.53. The number of primary amides is 1. The van der Waals surface area contributed by atoms with Crippen LogP contribution in [0.2, 0.25) is 0 Å². The number of piperidine rings is 1. The first-order chi connectivity index (χ1) is 13.4. The molecule has 2 aliphatic rings. The van der Waals surface area contributed by atoms with Gasteiger partial charge in [-0.25, -0.2) is 0 Å². The molecular weight excluding hydrogens is 382 g/mol. The van der Waals surface area contributed by atoms with E-state index in [-0.39, 0.29) is 24.0 Å². The molecule has 1 aromatic carbocycles. The standard InChI is InChI=1S/C19H21N3O5S/c20-16(23)12-27-14-6-4-13(5-7-14)10-15-18(25)22(19(26)28-15)11-17(24)21-8-2-1-3-9-21/h4-7,10H,1-3,8-9,11-12H2,(H2,20,23)/b15-10-. The summed E-state index contributed by atoms with van der Waals surface area (Å²) in [5, 5.41) is -0.442. The van der Waals surface area contributed by atoms with Crippen LogP contribution in [-0.2, 0) is 14.4 Å². The summed E-state index contributed by atoms with van der Waals surface area (Å²) in [7, 11) is 0. The molecule has 0 spiro atoms. The summed E-state index contributed by atoms with van der Waals surface area (Å²) < 4.78 is 5.18. The maximum Gasteiger partial charge on any atom is 0.294 e. The molecule has 148 valence electrons. The van der Waals surface area contributed by atoms with Gasteiger partial charge in [0.2, 0.25) is 5.91 Å². The summed E-state index contributed by atoms with van der Waals surface area (Å²) >= 11 is 0.819. The molecule has 8 nitrogen and oxygen atoms in total. The molecule has 28 heavy (non-hydrogen) atoms. The number of nitrogens with two attached hydrogens (primary N) is 1. The van der Waals surface area contributed by atoms with Gasteiger partial charge in [0.05, 0.1) is 4.91 Å². The van der Waals surface area contributed by atoms with Crippen LogP contribution in [0.3, 0.4) is 0 Å². The van der Waals surface area contributed by atoms with Crippen molar-refractivity contribution in [3.63, 3.8) is 0 Å². The number of nitrogens with zero attached hydrogens (tertiary/aromatic N) is 2. The normalized spacial score (nSPS) is 18.6. The Balaban J connectivity index is 1.63. The van der Waals surface area contributed by atoms with Crippen molar-refractivity contribution in [1.82, 2.24) is 9.80 Å². The monoisotopic (exact) mass is 403 g/mol. The maximum atomic E-state index is 12.6. The van der Waals surface area contributed by atoms with Gasteiger partial charge in [0.1, 0.15) is 12.3 Å². The quantitative estimate of drug-likeness (QED) is 0.723. The van der Waals surface area contributed by atoms with E-state index in [1.165, 1.54) is 0 Å². The highest BCUT2D eigenvalue weighted by molar-refractivity contribution is 8.18. The zero-order valence-electron chi connectivity index (χ0n) is 15.3. The van der Waals surface area contributed by atoms with E-state index >= 15 is 0 Å². The van der Waals surface area contributed by atoms with E-state index in [1.54, 1.807) is 35.2 Å². The number of hydrogen-bond acceptors (Lipinski definition) is 6. The van der Waals surface area contributed by atoms with Crippen molar-refractivity contribution in [2.24, 2.45) is 5.73 Å². The lowest BCUT2D eigenvalue weighted by Gasteiger charge is -2.27. The molecular formula is C19H21N3O5S. The molecule has 2 aliphatic heterocycles. The van der Waals surface area contributed by atoms with Crippen LogP contribution < -0.4 is 10.5 Å². The second kappa shape index (κ2) is 8.92. The zero-order valence-corrected chi connectivity index (χ0v) is 16.1. The van der Waals surface area contributed by atoms with Gasteiger partial charge in [0.15, 0.2) is 6.61 Å². The summed E-state index contributed by atoms with van der Waals surface area (Å²) in [5.41, 5.74) is 5.72. The average molecular weight is 403 g/mol. The first-order valence-electron chi connectivity index (χ1n) is 8.98. The van der Waals surface area contributed by atoms with E-state index in [0.717, 1.165) is 35.9 Å². The molecule has 2 fully saturated rings. The van der Waals surface area contributed by atoms with E-state index in [1.807, 2.05) is 0 Å². The molecule has 2 saturated heterocycles. The van der Waals surface area contributed by atoms with E-state index in [4.69, 9.17) is 10.5 Å². The van der Waals surface area contributed by atoms with Crippen molar-refractivity contribution < 1.29 is 23.9 Å². The molecule has 2 N–H and O–H groups in total.